The zero-order valence-electron chi connectivity index (χ0n) is 11.5. The second kappa shape index (κ2) is 9.20. The summed E-state index contributed by atoms with van der Waals surface area (Å²) in [6, 6.07) is 7.95. The second-order valence-electron chi connectivity index (χ2n) is 4.46. The highest BCUT2D eigenvalue weighted by molar-refractivity contribution is 5.66. The lowest BCUT2D eigenvalue weighted by Crippen LogP contribution is -1.95. The van der Waals surface area contributed by atoms with Crippen molar-refractivity contribution in [3.8, 4) is 5.75 Å². The van der Waals surface area contributed by atoms with Crippen LogP contribution in [0, 0.1) is 0 Å². The summed E-state index contributed by atoms with van der Waals surface area (Å²) in [7, 11) is 0. The maximum Gasteiger partial charge on any atom is 0.303 e. The Morgan fingerprint density at radius 3 is 2.63 bits per heavy atom. The van der Waals surface area contributed by atoms with E-state index in [2.05, 4.69) is 6.92 Å². The number of benzene rings is 1. The predicted octanol–water partition coefficient (Wildman–Crippen LogP) is 4.13. The number of hydrogen-bond acceptors (Lipinski definition) is 2. The summed E-state index contributed by atoms with van der Waals surface area (Å²) in [4.78, 5) is 10.3. The highest BCUT2D eigenvalue weighted by atomic mass is 16.5. The fourth-order valence-electron chi connectivity index (χ4n) is 1.60. The van der Waals surface area contributed by atoms with Crippen LogP contribution < -0.4 is 4.74 Å². The van der Waals surface area contributed by atoms with Gasteiger partial charge in [-0.05, 0) is 37.0 Å². The van der Waals surface area contributed by atoms with E-state index in [1.54, 1.807) is 0 Å². The number of ether oxygens (including phenoxy) is 1. The molecule has 0 aliphatic rings. The monoisotopic (exact) mass is 262 g/mol. The molecule has 0 aromatic heterocycles. The summed E-state index contributed by atoms with van der Waals surface area (Å²) < 4.78 is 5.58. The molecular formula is C16H22O3. The molecule has 3 heteroatoms. The molecule has 1 aromatic rings. The molecule has 0 atom stereocenters. The van der Waals surface area contributed by atoms with E-state index in [1.807, 2.05) is 36.4 Å². The predicted molar refractivity (Wildman–Crippen MR) is 77.4 cm³/mol. The van der Waals surface area contributed by atoms with E-state index in [0.29, 0.717) is 6.42 Å². The van der Waals surface area contributed by atoms with Crippen LogP contribution in [0.3, 0.4) is 0 Å². The number of carbonyl (C=O) groups is 1. The maximum atomic E-state index is 10.3. The van der Waals surface area contributed by atoms with Crippen molar-refractivity contribution >= 4 is 12.0 Å². The van der Waals surface area contributed by atoms with Gasteiger partial charge in [-0.3, -0.25) is 4.79 Å². The lowest BCUT2D eigenvalue weighted by Gasteiger charge is -2.04. The van der Waals surface area contributed by atoms with Crippen molar-refractivity contribution in [3.63, 3.8) is 0 Å². The molecule has 0 saturated carbocycles. The van der Waals surface area contributed by atoms with Crippen LogP contribution in [0.4, 0.5) is 0 Å². The van der Waals surface area contributed by atoms with E-state index < -0.39 is 5.97 Å². The Labute approximate surface area is 114 Å². The number of aliphatic carboxylic acids is 1. The van der Waals surface area contributed by atoms with Gasteiger partial charge in [0.05, 0.1) is 6.61 Å². The highest BCUT2D eigenvalue weighted by Crippen LogP contribution is 2.14. The molecule has 0 radical (unpaired) electrons. The molecule has 3 nitrogen and oxygen atoms in total. The number of carboxylic acids is 1. The Morgan fingerprint density at radius 1 is 1.26 bits per heavy atom. The van der Waals surface area contributed by atoms with E-state index in [4.69, 9.17) is 9.84 Å². The van der Waals surface area contributed by atoms with Gasteiger partial charge in [-0.1, -0.05) is 37.6 Å². The number of hydrogen-bond donors (Lipinski definition) is 1. The maximum absolute atomic E-state index is 10.3. The van der Waals surface area contributed by atoms with Crippen LogP contribution in [-0.4, -0.2) is 17.7 Å². The molecule has 19 heavy (non-hydrogen) atoms. The van der Waals surface area contributed by atoms with Crippen molar-refractivity contribution in [2.75, 3.05) is 6.61 Å². The van der Waals surface area contributed by atoms with Gasteiger partial charge in [0.2, 0.25) is 0 Å². The first-order chi connectivity index (χ1) is 9.22. The van der Waals surface area contributed by atoms with Crippen LogP contribution in [0.15, 0.2) is 30.3 Å². The number of unbranched alkanes of at least 4 members (excludes halogenated alkanes) is 2. The van der Waals surface area contributed by atoms with Gasteiger partial charge in [-0.15, -0.1) is 0 Å². The second-order valence-corrected chi connectivity index (χ2v) is 4.46. The summed E-state index contributed by atoms with van der Waals surface area (Å²) in [5.41, 5.74) is 1.11. The minimum atomic E-state index is -0.734. The Hall–Kier alpha value is -1.77. The third kappa shape index (κ3) is 7.29. The van der Waals surface area contributed by atoms with Crippen LogP contribution in [0.25, 0.3) is 6.08 Å². The van der Waals surface area contributed by atoms with Crippen molar-refractivity contribution in [1.82, 2.24) is 0 Å². The van der Waals surface area contributed by atoms with Crippen LogP contribution in [-0.2, 0) is 4.79 Å². The average molecular weight is 262 g/mol. The van der Waals surface area contributed by atoms with Crippen molar-refractivity contribution in [2.24, 2.45) is 0 Å². The lowest BCUT2D eigenvalue weighted by atomic mass is 10.1. The summed E-state index contributed by atoms with van der Waals surface area (Å²) in [6.07, 6.45) is 7.94. The Morgan fingerprint density at radius 2 is 2.00 bits per heavy atom. The van der Waals surface area contributed by atoms with Gasteiger partial charge in [0, 0.05) is 6.42 Å². The number of carboxylic acid groups (broad SMARTS) is 1. The first-order valence-corrected chi connectivity index (χ1v) is 6.83. The van der Waals surface area contributed by atoms with E-state index in [9.17, 15) is 4.79 Å². The highest BCUT2D eigenvalue weighted by Gasteiger charge is 1.95. The van der Waals surface area contributed by atoms with Gasteiger partial charge >= 0.3 is 5.97 Å². The van der Waals surface area contributed by atoms with Crippen molar-refractivity contribution in [2.45, 2.75) is 39.0 Å². The van der Waals surface area contributed by atoms with E-state index >= 15 is 0 Å². The third-order valence-electron chi connectivity index (χ3n) is 2.72. The Bertz CT molecular complexity index is 393. The Kier molecular flexibility index (Phi) is 7.40. The molecule has 0 amide bonds. The summed E-state index contributed by atoms with van der Waals surface area (Å²) in [5, 5.41) is 8.51. The van der Waals surface area contributed by atoms with Crippen molar-refractivity contribution < 1.29 is 14.6 Å². The molecule has 0 bridgehead atoms. The number of rotatable bonds is 9. The zero-order chi connectivity index (χ0) is 13.9. The van der Waals surface area contributed by atoms with Crippen molar-refractivity contribution in [3.05, 3.63) is 35.9 Å². The first-order valence-electron chi connectivity index (χ1n) is 6.83. The molecule has 104 valence electrons. The SMILES string of the molecule is CCCCOc1ccc(/C=C/CCCC(=O)O)cc1. The normalized spacial score (nSPS) is 10.8. The number of allylic oxidation sites excluding steroid dienone is 1. The molecule has 0 spiro atoms. The molecule has 1 rings (SSSR count). The third-order valence-corrected chi connectivity index (χ3v) is 2.72. The first kappa shape index (κ1) is 15.3. The Balaban J connectivity index is 2.31. The summed E-state index contributed by atoms with van der Waals surface area (Å²) in [5.74, 6) is 0.165. The van der Waals surface area contributed by atoms with Gasteiger partial charge < -0.3 is 9.84 Å². The van der Waals surface area contributed by atoms with Crippen LogP contribution >= 0.6 is 0 Å². The topological polar surface area (TPSA) is 46.5 Å². The molecule has 0 heterocycles. The summed E-state index contributed by atoms with van der Waals surface area (Å²) >= 11 is 0. The molecular weight excluding hydrogens is 240 g/mol. The molecule has 1 aromatic carbocycles. The lowest BCUT2D eigenvalue weighted by molar-refractivity contribution is -0.137. The fraction of sp³-hybridized carbons (Fsp3) is 0.438. The van der Waals surface area contributed by atoms with E-state index in [0.717, 1.165) is 37.2 Å². The minimum absolute atomic E-state index is 0.231. The minimum Gasteiger partial charge on any atom is -0.494 e. The van der Waals surface area contributed by atoms with Crippen LogP contribution in [0.5, 0.6) is 5.75 Å². The van der Waals surface area contributed by atoms with Gasteiger partial charge in [0.15, 0.2) is 0 Å². The molecule has 0 aliphatic carbocycles. The fourth-order valence-corrected chi connectivity index (χ4v) is 1.60. The quantitative estimate of drug-likeness (QED) is 0.680. The molecule has 0 aliphatic heterocycles. The summed E-state index contributed by atoms with van der Waals surface area (Å²) in [6.45, 7) is 2.91. The van der Waals surface area contributed by atoms with Crippen LogP contribution in [0.2, 0.25) is 0 Å². The van der Waals surface area contributed by atoms with E-state index in [1.165, 1.54) is 0 Å². The molecule has 0 fully saturated rings. The van der Waals surface area contributed by atoms with Gasteiger partial charge in [-0.2, -0.15) is 0 Å². The van der Waals surface area contributed by atoms with Gasteiger partial charge in [0.1, 0.15) is 5.75 Å². The van der Waals surface area contributed by atoms with Gasteiger partial charge in [-0.25, -0.2) is 0 Å². The average Bonchev–Trinajstić information content (AvgIpc) is 2.40. The molecule has 0 unspecified atom stereocenters. The van der Waals surface area contributed by atoms with Gasteiger partial charge in [0.25, 0.3) is 0 Å². The smallest absolute Gasteiger partial charge is 0.303 e. The zero-order valence-corrected chi connectivity index (χ0v) is 11.5. The molecule has 1 N–H and O–H groups in total. The largest absolute Gasteiger partial charge is 0.494 e. The van der Waals surface area contributed by atoms with Crippen molar-refractivity contribution in [1.29, 1.82) is 0 Å². The molecule has 0 saturated heterocycles. The van der Waals surface area contributed by atoms with E-state index in [-0.39, 0.29) is 6.42 Å². The van der Waals surface area contributed by atoms with Crippen LogP contribution in [0.1, 0.15) is 44.6 Å². The standard InChI is InChI=1S/C16H22O3/c1-2-3-13-19-15-11-9-14(10-12-15)7-5-4-6-8-16(17)18/h5,7,9-12H,2-4,6,8,13H2,1H3,(H,17,18)/b7-5+.